The van der Waals surface area contributed by atoms with E-state index in [1.165, 1.54) is 0 Å². The SMILES string of the molecule is CNc1cc(Nc2cccc([C@@H]3CCCCO3)n2)nc2c(C(=O)NC3CC3)cnn12. The predicted molar refractivity (Wildman–Crippen MR) is 113 cm³/mol. The number of amides is 1. The fourth-order valence-corrected chi connectivity index (χ4v) is 3.66. The molecule has 3 N–H and O–H groups in total. The van der Waals surface area contributed by atoms with Gasteiger partial charge in [-0.25, -0.2) is 9.97 Å². The lowest BCUT2D eigenvalue weighted by molar-refractivity contribution is 0.0124. The minimum atomic E-state index is -0.145. The average Bonchev–Trinajstić information content (AvgIpc) is 3.49. The highest BCUT2D eigenvalue weighted by Gasteiger charge is 2.26. The van der Waals surface area contributed by atoms with Crippen molar-refractivity contribution in [1.82, 2.24) is 24.9 Å². The highest BCUT2D eigenvalue weighted by atomic mass is 16.5. The molecule has 0 spiro atoms. The van der Waals surface area contributed by atoms with E-state index in [0.717, 1.165) is 50.2 Å². The molecule has 1 saturated carbocycles. The molecule has 1 aliphatic carbocycles. The zero-order valence-electron chi connectivity index (χ0n) is 16.9. The Kier molecular flexibility index (Phi) is 4.96. The predicted octanol–water partition coefficient (Wildman–Crippen LogP) is 3.04. The molecule has 9 nitrogen and oxygen atoms in total. The van der Waals surface area contributed by atoms with Gasteiger partial charge in [-0.1, -0.05) is 6.07 Å². The normalized spacial score (nSPS) is 18.9. The summed E-state index contributed by atoms with van der Waals surface area (Å²) in [5.41, 5.74) is 1.87. The van der Waals surface area contributed by atoms with Crippen molar-refractivity contribution in [2.24, 2.45) is 0 Å². The maximum absolute atomic E-state index is 12.6. The largest absolute Gasteiger partial charge is 0.373 e. The Labute approximate surface area is 174 Å². The van der Waals surface area contributed by atoms with E-state index in [0.29, 0.717) is 22.8 Å². The summed E-state index contributed by atoms with van der Waals surface area (Å²) in [6, 6.07) is 7.97. The summed E-state index contributed by atoms with van der Waals surface area (Å²) in [7, 11) is 1.81. The molecule has 1 saturated heterocycles. The molecule has 4 heterocycles. The van der Waals surface area contributed by atoms with Crippen LogP contribution in [0.3, 0.4) is 0 Å². The standard InChI is InChI=1S/C21H25N7O2/c1-22-19-11-18(26-17-7-4-5-15(25-17)16-6-2-3-10-30-16)27-20-14(12-23-28(19)20)21(29)24-13-8-9-13/h4-5,7,11-13,16,22H,2-3,6,8-10H2,1H3,(H,24,29)(H,25,26,27)/t16-/m0/s1. The summed E-state index contributed by atoms with van der Waals surface area (Å²) >= 11 is 0. The molecular weight excluding hydrogens is 382 g/mol. The van der Waals surface area contributed by atoms with Gasteiger partial charge in [-0.05, 0) is 44.2 Å². The summed E-state index contributed by atoms with van der Waals surface area (Å²) in [5.74, 6) is 1.85. The summed E-state index contributed by atoms with van der Waals surface area (Å²) in [5, 5.41) is 13.7. The number of nitrogens with one attached hydrogen (secondary N) is 3. The van der Waals surface area contributed by atoms with Gasteiger partial charge in [-0.15, -0.1) is 0 Å². The van der Waals surface area contributed by atoms with Gasteiger partial charge in [0.15, 0.2) is 5.65 Å². The van der Waals surface area contributed by atoms with E-state index in [-0.39, 0.29) is 18.1 Å². The third-order valence-corrected chi connectivity index (χ3v) is 5.42. The molecule has 1 atom stereocenters. The van der Waals surface area contributed by atoms with Gasteiger partial charge in [0.1, 0.15) is 23.0 Å². The van der Waals surface area contributed by atoms with Crippen molar-refractivity contribution in [3.63, 3.8) is 0 Å². The van der Waals surface area contributed by atoms with Gasteiger partial charge in [-0.3, -0.25) is 4.79 Å². The second-order valence-corrected chi connectivity index (χ2v) is 7.75. The number of carbonyl (C=O) groups excluding carboxylic acids is 1. The van der Waals surface area contributed by atoms with Crippen molar-refractivity contribution >= 4 is 29.0 Å². The van der Waals surface area contributed by atoms with Crippen LogP contribution in [0.15, 0.2) is 30.5 Å². The molecule has 9 heteroatoms. The monoisotopic (exact) mass is 407 g/mol. The summed E-state index contributed by atoms with van der Waals surface area (Å²) < 4.78 is 7.49. The number of rotatable bonds is 6. The first-order chi connectivity index (χ1) is 14.7. The van der Waals surface area contributed by atoms with Gasteiger partial charge in [0.2, 0.25) is 0 Å². The molecule has 0 radical (unpaired) electrons. The van der Waals surface area contributed by atoms with Crippen molar-refractivity contribution in [3.8, 4) is 0 Å². The molecule has 156 valence electrons. The van der Waals surface area contributed by atoms with Crippen molar-refractivity contribution in [2.75, 3.05) is 24.3 Å². The number of nitrogens with zero attached hydrogens (tertiary/aromatic N) is 4. The van der Waals surface area contributed by atoms with Crippen LogP contribution in [0.2, 0.25) is 0 Å². The van der Waals surface area contributed by atoms with Crippen molar-refractivity contribution in [3.05, 3.63) is 41.7 Å². The highest BCUT2D eigenvalue weighted by Crippen LogP contribution is 2.28. The fourth-order valence-electron chi connectivity index (χ4n) is 3.66. The maximum Gasteiger partial charge on any atom is 0.256 e. The second kappa shape index (κ2) is 7.91. The lowest BCUT2D eigenvalue weighted by Gasteiger charge is -2.22. The van der Waals surface area contributed by atoms with Crippen molar-refractivity contribution in [2.45, 2.75) is 44.2 Å². The number of hydrogen-bond donors (Lipinski definition) is 3. The van der Waals surface area contributed by atoms with Crippen LogP contribution in [0.25, 0.3) is 5.65 Å². The minimum Gasteiger partial charge on any atom is -0.373 e. The third-order valence-electron chi connectivity index (χ3n) is 5.42. The number of fused-ring (bicyclic) bond motifs is 1. The number of aromatic nitrogens is 4. The first-order valence-corrected chi connectivity index (χ1v) is 10.4. The van der Waals surface area contributed by atoms with Gasteiger partial charge in [-0.2, -0.15) is 9.61 Å². The van der Waals surface area contributed by atoms with Gasteiger partial charge in [0.25, 0.3) is 5.91 Å². The smallest absolute Gasteiger partial charge is 0.256 e. The first-order valence-electron chi connectivity index (χ1n) is 10.4. The van der Waals surface area contributed by atoms with E-state index in [4.69, 9.17) is 9.72 Å². The third kappa shape index (κ3) is 3.80. The zero-order valence-corrected chi connectivity index (χ0v) is 16.9. The van der Waals surface area contributed by atoms with Crippen LogP contribution >= 0.6 is 0 Å². The Morgan fingerprint density at radius 1 is 1.17 bits per heavy atom. The number of carbonyl (C=O) groups is 1. The van der Waals surface area contributed by atoms with Gasteiger partial charge in [0.05, 0.1) is 18.0 Å². The molecule has 5 rings (SSSR count). The van der Waals surface area contributed by atoms with Gasteiger partial charge < -0.3 is 20.7 Å². The van der Waals surface area contributed by atoms with Gasteiger partial charge in [0, 0.05) is 25.8 Å². The maximum atomic E-state index is 12.6. The Hall–Kier alpha value is -3.20. The van der Waals surface area contributed by atoms with Crippen LogP contribution < -0.4 is 16.0 Å². The highest BCUT2D eigenvalue weighted by molar-refractivity contribution is 6.00. The lowest BCUT2D eigenvalue weighted by atomic mass is 10.1. The molecule has 2 aliphatic rings. The Balaban J connectivity index is 1.44. The summed E-state index contributed by atoms with van der Waals surface area (Å²) in [6.45, 7) is 0.778. The lowest BCUT2D eigenvalue weighted by Crippen LogP contribution is -2.25. The molecule has 2 fully saturated rings. The molecule has 1 aliphatic heterocycles. The number of ether oxygens (including phenoxy) is 1. The molecule has 0 bridgehead atoms. The summed E-state index contributed by atoms with van der Waals surface area (Å²) in [4.78, 5) is 22.0. The molecular formula is C21H25N7O2. The van der Waals surface area contributed by atoms with Crippen molar-refractivity contribution in [1.29, 1.82) is 0 Å². The van der Waals surface area contributed by atoms with Crippen LogP contribution in [0.5, 0.6) is 0 Å². The Bertz CT molecular complexity index is 1070. The van der Waals surface area contributed by atoms with E-state index in [1.807, 2.05) is 31.3 Å². The summed E-state index contributed by atoms with van der Waals surface area (Å²) in [6.07, 6.45) is 6.90. The van der Waals surface area contributed by atoms with E-state index < -0.39 is 0 Å². The van der Waals surface area contributed by atoms with E-state index in [9.17, 15) is 4.79 Å². The number of anilines is 3. The van der Waals surface area contributed by atoms with Gasteiger partial charge >= 0.3 is 0 Å². The van der Waals surface area contributed by atoms with Crippen LogP contribution in [0.1, 0.15) is 54.3 Å². The van der Waals surface area contributed by atoms with Crippen LogP contribution in [0.4, 0.5) is 17.5 Å². The number of pyridine rings is 1. The first kappa shape index (κ1) is 18.8. The Morgan fingerprint density at radius 2 is 2.07 bits per heavy atom. The quantitative estimate of drug-likeness (QED) is 0.577. The van der Waals surface area contributed by atoms with E-state index in [2.05, 4.69) is 26.0 Å². The molecule has 30 heavy (non-hydrogen) atoms. The molecule has 3 aromatic heterocycles. The van der Waals surface area contributed by atoms with E-state index >= 15 is 0 Å². The fraction of sp³-hybridized carbons (Fsp3) is 0.429. The average molecular weight is 407 g/mol. The van der Waals surface area contributed by atoms with E-state index in [1.54, 1.807) is 10.7 Å². The molecule has 1 amide bonds. The topological polar surface area (TPSA) is 105 Å². The molecule has 0 aromatic carbocycles. The van der Waals surface area contributed by atoms with Crippen LogP contribution in [-0.2, 0) is 4.74 Å². The second-order valence-electron chi connectivity index (χ2n) is 7.75. The molecule has 3 aromatic rings. The minimum absolute atomic E-state index is 0.0383. The van der Waals surface area contributed by atoms with Crippen LogP contribution in [0, 0.1) is 0 Å². The van der Waals surface area contributed by atoms with Crippen LogP contribution in [-0.4, -0.2) is 45.2 Å². The molecule has 0 unspecified atom stereocenters. The zero-order chi connectivity index (χ0) is 20.5. The number of hydrogen-bond acceptors (Lipinski definition) is 7. The van der Waals surface area contributed by atoms with Crippen molar-refractivity contribution < 1.29 is 9.53 Å². The Morgan fingerprint density at radius 3 is 2.83 bits per heavy atom.